The molecule has 0 spiro atoms. The molecule has 0 aromatic heterocycles. The van der Waals surface area contributed by atoms with Gasteiger partial charge in [0.25, 0.3) is 0 Å². The van der Waals surface area contributed by atoms with Crippen LogP contribution in [-0.2, 0) is 4.79 Å². The van der Waals surface area contributed by atoms with E-state index in [1.54, 1.807) is 4.58 Å². The van der Waals surface area contributed by atoms with Crippen LogP contribution in [0.25, 0.3) is 0 Å². The van der Waals surface area contributed by atoms with E-state index in [9.17, 15) is 4.79 Å². The molecule has 0 unspecified atom stereocenters. The largest absolute Gasteiger partial charge is 1.00 e. The average molecular weight is 230 g/mol. The van der Waals surface area contributed by atoms with Gasteiger partial charge in [0.15, 0.2) is 12.6 Å². The standard InChI is InChI=1S/C12H20NO.ClH/c1-4-7-10-13(11-14)12(8-5-2)9-6-3;/h5-6,12H,2-4,7-10H2,1H3;1H/q+1;/p-1. The summed E-state index contributed by atoms with van der Waals surface area (Å²) in [7, 11) is 0. The van der Waals surface area contributed by atoms with Crippen molar-refractivity contribution in [3.05, 3.63) is 25.3 Å². The predicted octanol–water partition coefficient (Wildman–Crippen LogP) is -0.340. The van der Waals surface area contributed by atoms with Crippen molar-refractivity contribution in [2.45, 2.75) is 38.6 Å². The van der Waals surface area contributed by atoms with Crippen molar-refractivity contribution in [3.63, 3.8) is 0 Å². The van der Waals surface area contributed by atoms with Crippen LogP contribution in [0.3, 0.4) is 0 Å². The smallest absolute Gasteiger partial charge is 0.424 e. The van der Waals surface area contributed by atoms with Gasteiger partial charge in [0.1, 0.15) is 0 Å². The zero-order chi connectivity index (χ0) is 10.8. The summed E-state index contributed by atoms with van der Waals surface area (Å²) < 4.78 is 1.73. The number of unbranched alkanes of at least 4 members (excludes halogenated alkanes) is 1. The fourth-order valence-corrected chi connectivity index (χ4v) is 1.37. The van der Waals surface area contributed by atoms with Gasteiger partial charge in [-0.2, -0.15) is 9.37 Å². The van der Waals surface area contributed by atoms with Crippen LogP contribution in [-0.4, -0.2) is 23.2 Å². The highest BCUT2D eigenvalue weighted by Gasteiger charge is 2.18. The minimum Gasteiger partial charge on any atom is -1.00 e. The Labute approximate surface area is 98.8 Å². The van der Waals surface area contributed by atoms with Crippen LogP contribution in [0.5, 0.6) is 0 Å². The van der Waals surface area contributed by atoms with Gasteiger partial charge in [-0.05, 0) is 0 Å². The molecule has 0 amide bonds. The first kappa shape index (κ1) is 16.6. The fraction of sp³-hybridized carbons (Fsp3) is 0.583. The Bertz CT molecular complexity index is 222. The lowest BCUT2D eigenvalue weighted by molar-refractivity contribution is -0.562. The van der Waals surface area contributed by atoms with Crippen molar-refractivity contribution in [2.75, 3.05) is 6.54 Å². The van der Waals surface area contributed by atoms with E-state index in [1.165, 1.54) is 0 Å². The van der Waals surface area contributed by atoms with Gasteiger partial charge in [0.05, 0.1) is 0 Å². The minimum absolute atomic E-state index is 0. The molecule has 0 aromatic carbocycles. The predicted molar refractivity (Wildman–Crippen MR) is 59.1 cm³/mol. The summed E-state index contributed by atoms with van der Waals surface area (Å²) in [6.45, 7) is 10.3. The fourth-order valence-electron chi connectivity index (χ4n) is 1.37. The third-order valence-electron chi connectivity index (χ3n) is 2.19. The second-order valence-corrected chi connectivity index (χ2v) is 3.34. The van der Waals surface area contributed by atoms with Crippen LogP contribution >= 0.6 is 0 Å². The molecule has 0 aliphatic carbocycles. The van der Waals surface area contributed by atoms with E-state index in [2.05, 4.69) is 20.1 Å². The van der Waals surface area contributed by atoms with Gasteiger partial charge >= 0.3 is 6.08 Å². The molecule has 0 saturated heterocycles. The number of halogens is 1. The lowest BCUT2D eigenvalue weighted by Crippen LogP contribution is -3.00. The minimum atomic E-state index is 0. The zero-order valence-electron chi connectivity index (χ0n) is 9.42. The maximum atomic E-state index is 10.7. The molecule has 0 aliphatic heterocycles. The number of carbonyl (C=O) groups excluding carboxylic acids is 1. The number of nitrogens with zero attached hydrogens (tertiary/aromatic N) is 1. The molecule has 0 bridgehead atoms. The van der Waals surface area contributed by atoms with Gasteiger partial charge in [-0.25, -0.2) is 0 Å². The molecule has 0 radical (unpaired) electrons. The SMILES string of the molecule is C=CCC(CC=C)[N+](=C=O)CCCC.[Cl-]. The second kappa shape index (κ2) is 11.2. The van der Waals surface area contributed by atoms with E-state index < -0.39 is 0 Å². The van der Waals surface area contributed by atoms with Crippen molar-refractivity contribution in [1.82, 2.24) is 0 Å². The normalized spacial score (nSPS) is 8.93. The van der Waals surface area contributed by atoms with Crippen molar-refractivity contribution in [2.24, 2.45) is 0 Å². The molecule has 0 rings (SSSR count). The van der Waals surface area contributed by atoms with Crippen molar-refractivity contribution < 1.29 is 21.8 Å². The molecule has 0 fully saturated rings. The van der Waals surface area contributed by atoms with Crippen LogP contribution < -0.4 is 12.4 Å². The molecule has 0 saturated carbocycles. The Morgan fingerprint density at radius 1 is 1.33 bits per heavy atom. The number of hydrogen-bond acceptors (Lipinski definition) is 1. The first-order valence-electron chi connectivity index (χ1n) is 5.16. The lowest BCUT2D eigenvalue weighted by atomic mass is 10.1. The van der Waals surface area contributed by atoms with Crippen LogP contribution in [0.4, 0.5) is 0 Å². The summed E-state index contributed by atoms with van der Waals surface area (Å²) in [4.78, 5) is 10.7. The molecule has 0 aromatic rings. The second-order valence-electron chi connectivity index (χ2n) is 3.34. The molecule has 2 nitrogen and oxygen atoms in total. The van der Waals surface area contributed by atoms with E-state index in [-0.39, 0.29) is 18.4 Å². The first-order chi connectivity index (χ1) is 6.79. The van der Waals surface area contributed by atoms with Gasteiger partial charge in [-0.3, -0.25) is 0 Å². The Kier molecular flexibility index (Phi) is 12.4. The number of hydrogen-bond donors (Lipinski definition) is 0. The first-order valence-corrected chi connectivity index (χ1v) is 5.16. The Morgan fingerprint density at radius 2 is 1.87 bits per heavy atom. The van der Waals surface area contributed by atoms with Crippen LogP contribution in [0.1, 0.15) is 32.6 Å². The summed E-state index contributed by atoms with van der Waals surface area (Å²) in [5.41, 5.74) is 0. The highest BCUT2D eigenvalue weighted by Crippen LogP contribution is 2.05. The molecule has 15 heavy (non-hydrogen) atoms. The molecule has 0 aliphatic rings. The van der Waals surface area contributed by atoms with Crippen molar-refractivity contribution in [1.29, 1.82) is 0 Å². The highest BCUT2D eigenvalue weighted by molar-refractivity contribution is 5.25. The van der Waals surface area contributed by atoms with E-state index in [0.29, 0.717) is 0 Å². The Hall–Kier alpha value is -0.850. The summed E-state index contributed by atoms with van der Waals surface area (Å²) >= 11 is 0. The van der Waals surface area contributed by atoms with Gasteiger partial charge in [-0.15, -0.1) is 13.2 Å². The number of rotatable bonds is 8. The molecule has 86 valence electrons. The quantitative estimate of drug-likeness (QED) is 0.241. The molecular weight excluding hydrogens is 210 g/mol. The summed E-state index contributed by atoms with van der Waals surface area (Å²) in [6, 6.07) is 0.189. The zero-order valence-corrected chi connectivity index (χ0v) is 10.2. The third-order valence-corrected chi connectivity index (χ3v) is 2.19. The molecule has 0 atom stereocenters. The van der Waals surface area contributed by atoms with Gasteiger partial charge in [0.2, 0.25) is 0 Å². The van der Waals surface area contributed by atoms with Crippen LogP contribution in [0.2, 0.25) is 0 Å². The van der Waals surface area contributed by atoms with E-state index in [4.69, 9.17) is 0 Å². The summed E-state index contributed by atoms with van der Waals surface area (Å²) in [5, 5.41) is 0. The van der Waals surface area contributed by atoms with Crippen LogP contribution in [0, 0.1) is 0 Å². The van der Waals surface area contributed by atoms with Crippen LogP contribution in [0.15, 0.2) is 25.3 Å². The molecule has 3 heteroatoms. The van der Waals surface area contributed by atoms with Gasteiger partial charge < -0.3 is 12.4 Å². The Morgan fingerprint density at radius 3 is 2.20 bits per heavy atom. The third kappa shape index (κ3) is 7.12. The van der Waals surface area contributed by atoms with E-state index >= 15 is 0 Å². The monoisotopic (exact) mass is 229 g/mol. The molecular formula is C12H20ClNO. The van der Waals surface area contributed by atoms with E-state index in [1.807, 2.05) is 18.2 Å². The Balaban J connectivity index is 0. The van der Waals surface area contributed by atoms with Gasteiger partial charge in [0, 0.05) is 19.3 Å². The maximum absolute atomic E-state index is 10.7. The van der Waals surface area contributed by atoms with Gasteiger partial charge in [-0.1, -0.05) is 25.5 Å². The van der Waals surface area contributed by atoms with E-state index in [0.717, 1.165) is 32.2 Å². The van der Waals surface area contributed by atoms with Crippen molar-refractivity contribution in [3.8, 4) is 0 Å². The average Bonchev–Trinajstić information content (AvgIpc) is 2.19. The summed E-state index contributed by atoms with van der Waals surface area (Å²) in [6.07, 6.45) is 9.41. The summed E-state index contributed by atoms with van der Waals surface area (Å²) in [5.74, 6) is 0. The highest BCUT2D eigenvalue weighted by atomic mass is 35.5. The molecule has 0 N–H and O–H groups in total. The topological polar surface area (TPSA) is 20.1 Å². The lowest BCUT2D eigenvalue weighted by Gasteiger charge is -2.08. The number of isocyanates is 1. The van der Waals surface area contributed by atoms with Crippen molar-refractivity contribution >= 4 is 6.08 Å². The molecule has 0 heterocycles. The maximum Gasteiger partial charge on any atom is 0.424 e.